The van der Waals surface area contributed by atoms with Crippen molar-refractivity contribution in [2.45, 2.75) is 31.8 Å². The Labute approximate surface area is 154 Å². The molecule has 138 valence electrons. The molecule has 3 atom stereocenters. The zero-order valence-corrected chi connectivity index (χ0v) is 14.5. The zero-order valence-electron chi connectivity index (χ0n) is 14.5. The third kappa shape index (κ3) is 1.69. The first-order valence-electron chi connectivity index (χ1n) is 8.77. The van der Waals surface area contributed by atoms with Gasteiger partial charge in [0.25, 0.3) is 5.91 Å². The van der Waals surface area contributed by atoms with E-state index in [9.17, 15) is 24.6 Å². The van der Waals surface area contributed by atoms with E-state index in [1.807, 2.05) is 6.92 Å². The van der Waals surface area contributed by atoms with Gasteiger partial charge < -0.3 is 20.7 Å². The molecule has 1 aromatic rings. The number of allylic oxidation sites excluding steroid dienone is 1. The summed E-state index contributed by atoms with van der Waals surface area (Å²) in [5, 5.41) is 20.9. The van der Waals surface area contributed by atoms with Gasteiger partial charge >= 0.3 is 0 Å². The molecule has 1 amide bonds. The molecular weight excluding hydrogens is 350 g/mol. The quantitative estimate of drug-likeness (QED) is 0.509. The highest BCUT2D eigenvalue weighted by atomic mass is 16.6. The second-order valence-corrected chi connectivity index (χ2v) is 8.02. The van der Waals surface area contributed by atoms with Gasteiger partial charge in [-0.05, 0) is 30.4 Å². The van der Waals surface area contributed by atoms with Gasteiger partial charge in [-0.15, -0.1) is 0 Å². The SMILES string of the molecule is C[C@]12CC(=O)C(C(N)=O)=C(O)[C@]13OC3=C1C(=O)c3c(O)cccc3CC1C2. The molecule has 1 aliphatic heterocycles. The molecule has 1 aromatic carbocycles. The number of epoxide rings is 1. The Kier molecular flexibility index (Phi) is 2.74. The summed E-state index contributed by atoms with van der Waals surface area (Å²) in [6.07, 6.45) is 0.975. The molecule has 1 saturated heterocycles. The standard InChI is InChI=1S/C20H17NO6/c1-19-6-9-5-8-3-2-4-10(22)12(8)15(24)13(9)17-20(19,27-17)16(25)14(18(21)26)11(23)7-19/h2-4,9,22,25H,5-7H2,1H3,(H2,21,26)/t9?,19-,20+/m0/s1. The lowest BCUT2D eigenvalue weighted by Gasteiger charge is -2.43. The Balaban J connectivity index is 1.75. The molecule has 1 spiro atoms. The maximum absolute atomic E-state index is 13.1. The fourth-order valence-electron chi connectivity index (χ4n) is 5.27. The first-order valence-corrected chi connectivity index (χ1v) is 8.77. The molecule has 7 heteroatoms. The van der Waals surface area contributed by atoms with E-state index >= 15 is 0 Å². The van der Waals surface area contributed by atoms with E-state index in [-0.39, 0.29) is 29.4 Å². The predicted molar refractivity (Wildman–Crippen MR) is 91.7 cm³/mol. The average Bonchev–Trinajstić information content (AvgIpc) is 3.30. The summed E-state index contributed by atoms with van der Waals surface area (Å²) in [6.45, 7) is 1.82. The maximum atomic E-state index is 13.1. The number of hydrogen-bond donors (Lipinski definition) is 3. The van der Waals surface area contributed by atoms with Crippen molar-refractivity contribution in [3.05, 3.63) is 52.0 Å². The van der Waals surface area contributed by atoms with E-state index in [1.54, 1.807) is 12.1 Å². The summed E-state index contributed by atoms with van der Waals surface area (Å²) in [4.78, 5) is 37.2. The number of ether oxygens (including phenoxy) is 1. The molecule has 0 bridgehead atoms. The van der Waals surface area contributed by atoms with E-state index in [0.29, 0.717) is 24.2 Å². The molecule has 7 nitrogen and oxygen atoms in total. The maximum Gasteiger partial charge on any atom is 0.255 e. The number of phenolic OH excluding ortho intramolecular Hbond substituents is 1. The Morgan fingerprint density at radius 3 is 2.74 bits per heavy atom. The van der Waals surface area contributed by atoms with Crippen LogP contribution < -0.4 is 5.73 Å². The van der Waals surface area contributed by atoms with Gasteiger partial charge in [-0.2, -0.15) is 0 Å². The number of aromatic hydroxyl groups is 1. The number of Topliss-reactive ketones (excluding diaryl/α,β-unsaturated/α-hetero) is 2. The Hall–Kier alpha value is -3.09. The van der Waals surface area contributed by atoms with E-state index in [4.69, 9.17) is 10.5 Å². The van der Waals surface area contributed by atoms with E-state index in [2.05, 4.69) is 0 Å². The molecule has 5 rings (SSSR count). The van der Waals surface area contributed by atoms with Gasteiger partial charge in [0, 0.05) is 17.4 Å². The van der Waals surface area contributed by atoms with Gasteiger partial charge in [0.2, 0.25) is 5.60 Å². The minimum absolute atomic E-state index is 0.00367. The fourth-order valence-corrected chi connectivity index (χ4v) is 5.27. The van der Waals surface area contributed by atoms with Crippen LogP contribution in [0.25, 0.3) is 0 Å². The molecule has 0 saturated carbocycles. The molecule has 1 heterocycles. The number of carbonyl (C=O) groups excluding carboxylic acids is 3. The topological polar surface area (TPSA) is 130 Å². The van der Waals surface area contributed by atoms with Crippen LogP contribution in [0.15, 0.2) is 40.9 Å². The summed E-state index contributed by atoms with van der Waals surface area (Å²) in [5.74, 6) is -2.32. The molecule has 0 aromatic heterocycles. The lowest BCUT2D eigenvalue weighted by Crippen LogP contribution is -2.50. The highest BCUT2D eigenvalue weighted by molar-refractivity contribution is 6.21. The van der Waals surface area contributed by atoms with Gasteiger partial charge in [-0.25, -0.2) is 0 Å². The Bertz CT molecular complexity index is 1050. The largest absolute Gasteiger partial charge is 0.507 e. The van der Waals surface area contributed by atoms with Crippen molar-refractivity contribution >= 4 is 17.5 Å². The summed E-state index contributed by atoms with van der Waals surface area (Å²) < 4.78 is 5.82. The van der Waals surface area contributed by atoms with Crippen LogP contribution >= 0.6 is 0 Å². The number of aliphatic hydroxyl groups is 1. The van der Waals surface area contributed by atoms with Crippen molar-refractivity contribution in [3.8, 4) is 5.75 Å². The monoisotopic (exact) mass is 367 g/mol. The summed E-state index contributed by atoms with van der Waals surface area (Å²) in [6, 6.07) is 4.96. The Morgan fingerprint density at radius 1 is 1.30 bits per heavy atom. The van der Waals surface area contributed by atoms with Crippen molar-refractivity contribution in [2.75, 3.05) is 0 Å². The molecule has 0 radical (unpaired) electrons. The highest BCUT2D eigenvalue weighted by Crippen LogP contribution is 2.69. The van der Waals surface area contributed by atoms with Crippen molar-refractivity contribution in [1.29, 1.82) is 0 Å². The number of rotatable bonds is 1. The first kappa shape index (κ1) is 16.1. The summed E-state index contributed by atoms with van der Waals surface area (Å²) in [7, 11) is 0. The summed E-state index contributed by atoms with van der Waals surface area (Å²) >= 11 is 0. The number of phenols is 1. The van der Waals surface area contributed by atoms with Gasteiger partial charge in [0.05, 0.1) is 5.56 Å². The number of fused-ring (bicyclic) bond motifs is 2. The van der Waals surface area contributed by atoms with E-state index < -0.39 is 34.0 Å². The van der Waals surface area contributed by atoms with E-state index in [1.165, 1.54) is 6.07 Å². The molecule has 3 aliphatic carbocycles. The number of benzene rings is 1. The normalized spacial score (nSPS) is 33.6. The van der Waals surface area contributed by atoms with Gasteiger partial charge in [-0.3, -0.25) is 14.4 Å². The van der Waals surface area contributed by atoms with Crippen LogP contribution in [0.3, 0.4) is 0 Å². The second-order valence-electron chi connectivity index (χ2n) is 8.02. The molecule has 1 unspecified atom stereocenters. The minimum Gasteiger partial charge on any atom is -0.507 e. The first-order chi connectivity index (χ1) is 12.7. The predicted octanol–water partition coefficient (Wildman–Crippen LogP) is 1.45. The second kappa shape index (κ2) is 4.60. The van der Waals surface area contributed by atoms with Crippen molar-refractivity contribution in [3.63, 3.8) is 0 Å². The number of primary amides is 1. The number of ketones is 2. The van der Waals surface area contributed by atoms with Crippen LogP contribution in [0.4, 0.5) is 0 Å². The average molecular weight is 367 g/mol. The van der Waals surface area contributed by atoms with Gasteiger partial charge in [-0.1, -0.05) is 19.1 Å². The lowest BCUT2D eigenvalue weighted by molar-refractivity contribution is -0.125. The Morgan fingerprint density at radius 2 is 2.04 bits per heavy atom. The molecule has 27 heavy (non-hydrogen) atoms. The molecule has 4 N–H and O–H groups in total. The van der Waals surface area contributed by atoms with Crippen molar-refractivity contribution in [1.82, 2.24) is 0 Å². The minimum atomic E-state index is -1.35. The molecular formula is C20H17NO6. The summed E-state index contributed by atoms with van der Waals surface area (Å²) in [5.41, 5.74) is 4.12. The smallest absolute Gasteiger partial charge is 0.255 e. The highest BCUT2D eigenvalue weighted by Gasteiger charge is 2.76. The number of amides is 1. The van der Waals surface area contributed by atoms with Gasteiger partial charge in [0.1, 0.15) is 11.3 Å². The number of hydrogen-bond acceptors (Lipinski definition) is 6. The number of nitrogens with two attached hydrogens (primary N) is 1. The van der Waals surface area contributed by atoms with Crippen LogP contribution in [-0.4, -0.2) is 33.3 Å². The molecule has 1 fully saturated rings. The molecule has 4 aliphatic rings. The lowest BCUT2D eigenvalue weighted by atomic mass is 9.56. The van der Waals surface area contributed by atoms with Crippen LogP contribution in [0.5, 0.6) is 5.75 Å². The van der Waals surface area contributed by atoms with E-state index in [0.717, 1.165) is 5.56 Å². The zero-order chi connectivity index (χ0) is 19.3. The van der Waals surface area contributed by atoms with Crippen molar-refractivity contribution < 1.29 is 29.3 Å². The van der Waals surface area contributed by atoms with Crippen LogP contribution in [0.1, 0.15) is 35.7 Å². The van der Waals surface area contributed by atoms with Gasteiger partial charge in [0.15, 0.2) is 23.1 Å². The van der Waals surface area contributed by atoms with Crippen LogP contribution in [-0.2, 0) is 20.7 Å². The third-order valence-corrected chi connectivity index (χ3v) is 6.45. The third-order valence-electron chi connectivity index (χ3n) is 6.45. The fraction of sp³-hybridized carbons (Fsp3) is 0.350. The van der Waals surface area contributed by atoms with Crippen LogP contribution in [0.2, 0.25) is 0 Å². The number of aliphatic hydroxyl groups excluding tert-OH is 1. The number of carbonyl (C=O) groups is 3. The van der Waals surface area contributed by atoms with Crippen LogP contribution in [0, 0.1) is 11.3 Å². The van der Waals surface area contributed by atoms with Crippen molar-refractivity contribution in [2.24, 2.45) is 17.1 Å².